The molecule has 0 radical (unpaired) electrons. The minimum absolute atomic E-state index is 0.00182. The Labute approximate surface area is 245 Å². The molecule has 0 unspecified atom stereocenters. The molecule has 1 saturated carbocycles. The lowest BCUT2D eigenvalue weighted by molar-refractivity contribution is -0.139. The molecule has 0 bridgehead atoms. The first-order valence-corrected chi connectivity index (χ1v) is 15.3. The molecule has 10 heteroatoms. The van der Waals surface area contributed by atoms with E-state index in [1.54, 1.807) is 6.20 Å². The molecular weight excluding hydrogens is 542 g/mol. The van der Waals surface area contributed by atoms with E-state index in [0.29, 0.717) is 29.7 Å². The van der Waals surface area contributed by atoms with E-state index in [9.17, 15) is 14.7 Å². The van der Waals surface area contributed by atoms with E-state index in [1.165, 1.54) is 0 Å². The Bertz CT molecular complexity index is 1400. The molecule has 0 spiro atoms. The number of likely N-dealkylation sites (tertiary alicyclic amines) is 1. The third-order valence-corrected chi connectivity index (χ3v) is 9.40. The van der Waals surface area contributed by atoms with Crippen LogP contribution in [0, 0.1) is 17.8 Å². The molecule has 2 aromatic heterocycles. The maximum Gasteiger partial charge on any atom is 0.228 e. The van der Waals surface area contributed by atoms with E-state index in [-0.39, 0.29) is 36.3 Å². The number of aliphatic hydroxyl groups excluding tert-OH is 1. The Hall–Kier alpha value is -3.01. The van der Waals surface area contributed by atoms with E-state index >= 15 is 0 Å². The fraction of sp³-hybridized carbons (Fsp3) is 0.548. The van der Waals surface area contributed by atoms with Crippen molar-refractivity contribution in [3.8, 4) is 11.1 Å². The number of carbonyl (C=O) groups is 2. The van der Waals surface area contributed by atoms with Crippen molar-refractivity contribution in [1.82, 2.24) is 19.4 Å². The van der Waals surface area contributed by atoms with Crippen LogP contribution in [0.15, 0.2) is 36.8 Å². The lowest BCUT2D eigenvalue weighted by Crippen LogP contribution is -2.43. The van der Waals surface area contributed by atoms with Crippen molar-refractivity contribution >= 4 is 40.3 Å². The molecule has 2 saturated heterocycles. The number of fused-ring (bicyclic) bond motifs is 1. The van der Waals surface area contributed by atoms with Crippen molar-refractivity contribution in [3.05, 3.63) is 41.8 Å². The molecule has 3 aliphatic rings. The van der Waals surface area contributed by atoms with E-state index in [1.807, 2.05) is 29.4 Å². The van der Waals surface area contributed by atoms with Crippen LogP contribution >= 0.6 is 11.6 Å². The predicted molar refractivity (Wildman–Crippen MR) is 157 cm³/mol. The fourth-order valence-corrected chi connectivity index (χ4v) is 6.95. The highest BCUT2D eigenvalue weighted by Crippen LogP contribution is 2.35. The molecule has 41 heavy (non-hydrogen) atoms. The number of aromatic nitrogens is 3. The van der Waals surface area contributed by atoms with Crippen molar-refractivity contribution in [2.75, 3.05) is 31.7 Å². The topological polar surface area (TPSA) is 110 Å². The van der Waals surface area contributed by atoms with Gasteiger partial charge < -0.3 is 24.6 Å². The van der Waals surface area contributed by atoms with E-state index in [4.69, 9.17) is 16.3 Å². The van der Waals surface area contributed by atoms with Gasteiger partial charge in [-0.25, -0.2) is 9.97 Å². The molecule has 9 nitrogen and oxygen atoms in total. The Morgan fingerprint density at radius 1 is 1.05 bits per heavy atom. The maximum atomic E-state index is 13.3. The lowest BCUT2D eigenvalue weighted by Gasteiger charge is -2.32. The molecule has 1 aliphatic carbocycles. The molecular formula is C31H38ClN5O4. The quantitative estimate of drug-likeness (QED) is 0.412. The number of rotatable bonds is 7. The van der Waals surface area contributed by atoms with Crippen LogP contribution in [0.3, 0.4) is 0 Å². The fourth-order valence-electron chi connectivity index (χ4n) is 6.74. The zero-order valence-corrected chi connectivity index (χ0v) is 24.1. The zero-order valence-electron chi connectivity index (χ0n) is 23.3. The minimum Gasteiger partial charge on any atom is -0.394 e. The largest absolute Gasteiger partial charge is 0.394 e. The van der Waals surface area contributed by atoms with Gasteiger partial charge >= 0.3 is 0 Å². The van der Waals surface area contributed by atoms with Crippen molar-refractivity contribution in [2.24, 2.45) is 17.8 Å². The van der Waals surface area contributed by atoms with Crippen LogP contribution in [0.5, 0.6) is 0 Å². The number of pyridine rings is 1. The number of hydrogen-bond donors (Lipinski definition) is 2. The number of ether oxygens (including phenoxy) is 1. The van der Waals surface area contributed by atoms with Gasteiger partial charge in [0.2, 0.25) is 11.8 Å². The lowest BCUT2D eigenvalue weighted by atomic mass is 9.80. The molecule has 2 amide bonds. The zero-order chi connectivity index (χ0) is 28.3. The Balaban J connectivity index is 1.16. The monoisotopic (exact) mass is 579 g/mol. The summed E-state index contributed by atoms with van der Waals surface area (Å²) in [6.07, 6.45) is 10.2. The summed E-state index contributed by atoms with van der Waals surface area (Å²) in [4.78, 5) is 37.3. The minimum atomic E-state index is -0.260. The second-order valence-electron chi connectivity index (χ2n) is 11.8. The number of nitrogens with one attached hydrogen (secondary N) is 1. The van der Waals surface area contributed by atoms with Gasteiger partial charge in [-0.15, -0.1) is 0 Å². The highest BCUT2D eigenvalue weighted by molar-refractivity contribution is 6.33. The average molecular weight is 580 g/mol. The Morgan fingerprint density at radius 2 is 1.88 bits per heavy atom. The van der Waals surface area contributed by atoms with Crippen LogP contribution in [0.25, 0.3) is 22.2 Å². The van der Waals surface area contributed by atoms with Gasteiger partial charge in [-0.1, -0.05) is 24.1 Å². The molecule has 1 aromatic carbocycles. The normalized spacial score (nSPS) is 23.7. The molecule has 6 rings (SSSR count). The van der Waals surface area contributed by atoms with Crippen LogP contribution in [-0.2, 0) is 20.9 Å². The standard InChI is InChI=1S/C31H38ClN5O4/c32-26-16-33-29(35-30(39)22-3-1-4-23(13-22)31(40)37-10-2-5-24(37)18-38)15-25(26)21-6-7-27-28(14-21)36(19-34-27)17-20-8-11-41-12-9-20/h6-7,14-16,19-20,22-24,38H,1-5,8-13,17-18H2,(H,33,35,39)/t22-,23+,24+/m1/s1. The molecule has 3 atom stereocenters. The Morgan fingerprint density at radius 3 is 2.71 bits per heavy atom. The number of anilines is 1. The van der Waals surface area contributed by atoms with Crippen LogP contribution in [0.1, 0.15) is 51.4 Å². The SMILES string of the molecule is O=C(Nc1cc(-c2ccc3ncn(CC4CCOCC4)c3c2)c(Cl)cn1)[C@@H]1CCC[C@H](C(=O)N2CCC[C@H]2CO)C1. The second-order valence-corrected chi connectivity index (χ2v) is 12.2. The van der Waals surface area contributed by atoms with E-state index < -0.39 is 0 Å². The van der Waals surface area contributed by atoms with Crippen LogP contribution in [0.2, 0.25) is 5.02 Å². The summed E-state index contributed by atoms with van der Waals surface area (Å²) >= 11 is 6.60. The number of hydrogen-bond acceptors (Lipinski definition) is 6. The van der Waals surface area contributed by atoms with Gasteiger partial charge in [0.25, 0.3) is 0 Å². The third-order valence-electron chi connectivity index (χ3n) is 9.10. The van der Waals surface area contributed by atoms with E-state index in [0.717, 1.165) is 86.9 Å². The third kappa shape index (κ3) is 6.12. The van der Waals surface area contributed by atoms with Crippen molar-refractivity contribution < 1.29 is 19.4 Å². The van der Waals surface area contributed by atoms with Gasteiger partial charge in [-0.05, 0) is 74.6 Å². The van der Waals surface area contributed by atoms with Gasteiger partial charge in [0.15, 0.2) is 0 Å². The average Bonchev–Trinajstić information content (AvgIpc) is 3.65. The number of amides is 2. The van der Waals surface area contributed by atoms with Crippen molar-refractivity contribution in [3.63, 3.8) is 0 Å². The highest BCUT2D eigenvalue weighted by atomic mass is 35.5. The smallest absolute Gasteiger partial charge is 0.228 e. The number of carbonyl (C=O) groups excluding carboxylic acids is 2. The van der Waals surface area contributed by atoms with Gasteiger partial charge in [-0.2, -0.15) is 0 Å². The van der Waals surface area contributed by atoms with Crippen molar-refractivity contribution in [2.45, 2.75) is 64.0 Å². The van der Waals surface area contributed by atoms with Gasteiger partial charge in [0.05, 0.1) is 35.0 Å². The maximum absolute atomic E-state index is 13.3. The van der Waals surface area contributed by atoms with Crippen LogP contribution in [0.4, 0.5) is 5.82 Å². The predicted octanol–water partition coefficient (Wildman–Crippen LogP) is 4.91. The number of halogens is 1. The summed E-state index contributed by atoms with van der Waals surface area (Å²) < 4.78 is 7.72. The summed E-state index contributed by atoms with van der Waals surface area (Å²) in [5.74, 6) is 0.532. The van der Waals surface area contributed by atoms with Gasteiger partial charge in [0, 0.05) is 49.9 Å². The first-order chi connectivity index (χ1) is 20.0. The molecule has 3 aromatic rings. The molecule has 2 N–H and O–H groups in total. The van der Waals surface area contributed by atoms with Crippen molar-refractivity contribution in [1.29, 1.82) is 0 Å². The number of nitrogens with zero attached hydrogens (tertiary/aromatic N) is 4. The summed E-state index contributed by atoms with van der Waals surface area (Å²) in [7, 11) is 0. The number of imidazole rings is 1. The summed E-state index contributed by atoms with van der Waals surface area (Å²) in [6.45, 7) is 3.21. The highest BCUT2D eigenvalue weighted by Gasteiger charge is 2.37. The number of benzene rings is 1. The summed E-state index contributed by atoms with van der Waals surface area (Å²) in [5.41, 5.74) is 3.70. The molecule has 3 fully saturated rings. The molecule has 2 aliphatic heterocycles. The first-order valence-electron chi connectivity index (χ1n) is 14.9. The van der Waals surface area contributed by atoms with Gasteiger partial charge in [-0.3, -0.25) is 9.59 Å². The first kappa shape index (κ1) is 28.1. The second kappa shape index (κ2) is 12.5. The van der Waals surface area contributed by atoms with E-state index in [2.05, 4.69) is 25.9 Å². The van der Waals surface area contributed by atoms with Crippen LogP contribution in [-0.4, -0.2) is 68.8 Å². The molecule has 218 valence electrons. The van der Waals surface area contributed by atoms with Crippen LogP contribution < -0.4 is 5.32 Å². The summed E-state index contributed by atoms with van der Waals surface area (Å²) in [6, 6.07) is 7.83. The molecule has 4 heterocycles. The summed E-state index contributed by atoms with van der Waals surface area (Å²) in [5, 5.41) is 13.1. The number of aliphatic hydroxyl groups is 1. The Kier molecular flexibility index (Phi) is 8.55. The van der Waals surface area contributed by atoms with Gasteiger partial charge in [0.1, 0.15) is 5.82 Å².